The first-order valence-electron chi connectivity index (χ1n) is 9.45. The van der Waals surface area contributed by atoms with Crippen LogP contribution >= 0.6 is 28.1 Å². The molecule has 0 aliphatic heterocycles. The van der Waals surface area contributed by atoms with Gasteiger partial charge in [-0.2, -0.15) is 14.9 Å². The molecule has 1 heterocycles. The Morgan fingerprint density at radius 3 is 2.66 bits per heavy atom. The number of hydrogen-bond donors (Lipinski definition) is 1. The summed E-state index contributed by atoms with van der Waals surface area (Å²) in [6.45, 7) is 5.04. The molecule has 29 heavy (non-hydrogen) atoms. The Labute approximate surface area is 183 Å². The molecule has 1 N–H and O–H groups in total. The zero-order valence-corrected chi connectivity index (χ0v) is 18.8. The summed E-state index contributed by atoms with van der Waals surface area (Å²) in [4.78, 5) is 0. The first-order valence-corrected chi connectivity index (χ1v) is 10.7. The number of nitrogens with one attached hydrogen (secondary N) is 1. The standard InChI is InChI=1S/C21H23BrN4O2S/c1-3-5-20-24-25-21(29)26(20)23-13-16-8-11-18(19(12-16)27-4-2)28-14-15-6-9-17(22)10-7-15/h6-13H,3-5,14H2,1-2H3,(H,25,29)/b23-13+. The van der Waals surface area contributed by atoms with Crippen molar-refractivity contribution >= 4 is 34.4 Å². The minimum Gasteiger partial charge on any atom is -0.490 e. The van der Waals surface area contributed by atoms with Crippen LogP contribution in [0, 0.1) is 4.77 Å². The van der Waals surface area contributed by atoms with Crippen LogP contribution in [-0.4, -0.2) is 27.7 Å². The molecule has 0 spiro atoms. The van der Waals surface area contributed by atoms with E-state index in [1.165, 1.54) is 0 Å². The lowest BCUT2D eigenvalue weighted by Gasteiger charge is -2.12. The van der Waals surface area contributed by atoms with E-state index in [0.29, 0.717) is 29.5 Å². The molecular weight excluding hydrogens is 452 g/mol. The third-order valence-electron chi connectivity index (χ3n) is 4.09. The molecule has 2 aromatic carbocycles. The molecule has 0 saturated heterocycles. The number of rotatable bonds is 9. The minimum atomic E-state index is 0.464. The molecule has 0 saturated carbocycles. The molecule has 3 rings (SSSR count). The summed E-state index contributed by atoms with van der Waals surface area (Å²) in [6.07, 6.45) is 3.51. The van der Waals surface area contributed by atoms with Crippen LogP contribution in [0.5, 0.6) is 11.5 Å². The molecule has 0 amide bonds. The quantitative estimate of drug-likeness (QED) is 0.327. The molecule has 0 unspecified atom stereocenters. The van der Waals surface area contributed by atoms with Crippen molar-refractivity contribution in [1.29, 1.82) is 0 Å². The van der Waals surface area contributed by atoms with E-state index in [1.54, 1.807) is 10.9 Å². The molecule has 152 valence electrons. The Bertz CT molecular complexity index is 1030. The number of hydrogen-bond acceptors (Lipinski definition) is 5. The number of halogens is 1. The van der Waals surface area contributed by atoms with Gasteiger partial charge in [0.2, 0.25) is 4.77 Å². The zero-order chi connectivity index (χ0) is 20.6. The Morgan fingerprint density at radius 1 is 1.14 bits per heavy atom. The van der Waals surface area contributed by atoms with Crippen LogP contribution in [0.3, 0.4) is 0 Å². The Morgan fingerprint density at radius 2 is 1.93 bits per heavy atom. The molecule has 0 radical (unpaired) electrons. The van der Waals surface area contributed by atoms with Gasteiger partial charge in [0, 0.05) is 10.9 Å². The van der Waals surface area contributed by atoms with Crippen molar-refractivity contribution in [2.24, 2.45) is 5.10 Å². The van der Waals surface area contributed by atoms with Crippen LogP contribution in [0.4, 0.5) is 0 Å². The smallest absolute Gasteiger partial charge is 0.216 e. The average molecular weight is 475 g/mol. The molecule has 0 atom stereocenters. The highest BCUT2D eigenvalue weighted by Crippen LogP contribution is 2.29. The van der Waals surface area contributed by atoms with Crippen molar-refractivity contribution in [2.75, 3.05) is 6.61 Å². The summed E-state index contributed by atoms with van der Waals surface area (Å²) in [5.41, 5.74) is 1.97. The van der Waals surface area contributed by atoms with Crippen molar-refractivity contribution in [3.8, 4) is 11.5 Å². The van der Waals surface area contributed by atoms with E-state index in [2.05, 4.69) is 38.2 Å². The van der Waals surface area contributed by atoms with Crippen LogP contribution in [0.15, 0.2) is 52.0 Å². The fourth-order valence-electron chi connectivity index (χ4n) is 2.69. The van der Waals surface area contributed by atoms with Crippen molar-refractivity contribution in [1.82, 2.24) is 14.9 Å². The van der Waals surface area contributed by atoms with Crippen LogP contribution in [0.25, 0.3) is 0 Å². The van der Waals surface area contributed by atoms with E-state index >= 15 is 0 Å². The number of ether oxygens (including phenoxy) is 2. The zero-order valence-electron chi connectivity index (χ0n) is 16.4. The van der Waals surface area contributed by atoms with Gasteiger partial charge < -0.3 is 9.47 Å². The first kappa shape index (κ1) is 21.3. The van der Waals surface area contributed by atoms with Crippen LogP contribution in [-0.2, 0) is 13.0 Å². The van der Waals surface area contributed by atoms with Gasteiger partial charge in [-0.15, -0.1) is 0 Å². The molecule has 8 heteroatoms. The lowest BCUT2D eigenvalue weighted by atomic mass is 10.2. The molecule has 1 aromatic heterocycles. The summed E-state index contributed by atoms with van der Waals surface area (Å²) in [6, 6.07) is 13.8. The third-order valence-corrected chi connectivity index (χ3v) is 4.88. The Hall–Kier alpha value is -2.45. The highest BCUT2D eigenvalue weighted by molar-refractivity contribution is 9.10. The largest absolute Gasteiger partial charge is 0.490 e. The molecule has 0 aliphatic carbocycles. The summed E-state index contributed by atoms with van der Waals surface area (Å²) >= 11 is 8.70. The van der Waals surface area contributed by atoms with Crippen LogP contribution in [0.2, 0.25) is 0 Å². The van der Waals surface area contributed by atoms with E-state index in [4.69, 9.17) is 21.7 Å². The van der Waals surface area contributed by atoms with Crippen molar-refractivity contribution in [3.63, 3.8) is 0 Å². The molecule has 0 bridgehead atoms. The highest BCUT2D eigenvalue weighted by Gasteiger charge is 2.08. The second-order valence-electron chi connectivity index (χ2n) is 6.31. The molecule has 0 aliphatic rings. The Balaban J connectivity index is 1.77. The number of aromatic amines is 1. The van der Waals surface area contributed by atoms with E-state index in [9.17, 15) is 0 Å². The molecule has 6 nitrogen and oxygen atoms in total. The van der Waals surface area contributed by atoms with Crippen LogP contribution in [0.1, 0.15) is 37.2 Å². The molecular formula is C21H23BrN4O2S. The van der Waals surface area contributed by atoms with Gasteiger partial charge in [0.05, 0.1) is 12.8 Å². The van der Waals surface area contributed by atoms with Crippen LogP contribution < -0.4 is 9.47 Å². The predicted octanol–water partition coefficient (Wildman–Crippen LogP) is 5.52. The normalized spacial score (nSPS) is 11.1. The second-order valence-corrected chi connectivity index (χ2v) is 7.61. The summed E-state index contributed by atoms with van der Waals surface area (Å²) in [5, 5.41) is 11.5. The average Bonchev–Trinajstić information content (AvgIpc) is 3.07. The van der Waals surface area contributed by atoms with E-state index in [-0.39, 0.29) is 0 Å². The monoisotopic (exact) mass is 474 g/mol. The fourth-order valence-corrected chi connectivity index (χ4v) is 3.15. The summed E-state index contributed by atoms with van der Waals surface area (Å²) in [5.74, 6) is 2.19. The third kappa shape index (κ3) is 5.77. The van der Waals surface area contributed by atoms with Gasteiger partial charge in [-0.3, -0.25) is 5.10 Å². The number of aromatic nitrogens is 3. The van der Waals surface area contributed by atoms with Crippen molar-refractivity contribution < 1.29 is 9.47 Å². The maximum atomic E-state index is 5.97. The molecule has 0 fully saturated rings. The Kier molecular flexibility index (Phi) is 7.60. The predicted molar refractivity (Wildman–Crippen MR) is 120 cm³/mol. The van der Waals surface area contributed by atoms with Gasteiger partial charge in [-0.05, 0) is 67.0 Å². The van der Waals surface area contributed by atoms with E-state index in [0.717, 1.165) is 34.3 Å². The lowest BCUT2D eigenvalue weighted by molar-refractivity contribution is 0.269. The summed E-state index contributed by atoms with van der Waals surface area (Å²) in [7, 11) is 0. The van der Waals surface area contributed by atoms with Crippen molar-refractivity contribution in [3.05, 3.63) is 68.7 Å². The van der Waals surface area contributed by atoms with Gasteiger partial charge in [0.15, 0.2) is 17.3 Å². The van der Waals surface area contributed by atoms with Gasteiger partial charge in [-0.25, -0.2) is 0 Å². The van der Waals surface area contributed by atoms with Gasteiger partial charge in [0.1, 0.15) is 6.61 Å². The van der Waals surface area contributed by atoms with E-state index < -0.39 is 0 Å². The maximum absolute atomic E-state index is 5.97. The molecule has 3 aromatic rings. The van der Waals surface area contributed by atoms with Crippen molar-refractivity contribution in [2.45, 2.75) is 33.3 Å². The number of nitrogens with zero attached hydrogens (tertiary/aromatic N) is 3. The number of H-pyrrole nitrogens is 1. The van der Waals surface area contributed by atoms with Gasteiger partial charge in [0.25, 0.3) is 0 Å². The van der Waals surface area contributed by atoms with E-state index in [1.807, 2.05) is 49.4 Å². The van der Waals surface area contributed by atoms with Gasteiger partial charge in [-0.1, -0.05) is 35.0 Å². The summed E-state index contributed by atoms with van der Waals surface area (Å²) < 4.78 is 14.9. The lowest BCUT2D eigenvalue weighted by Crippen LogP contribution is -2.01. The number of aryl methyl sites for hydroxylation is 1. The second kappa shape index (κ2) is 10.4. The first-order chi connectivity index (χ1) is 14.1. The minimum absolute atomic E-state index is 0.464. The SMILES string of the molecule is CCCc1n[nH]c(=S)n1/N=C/c1ccc(OCc2ccc(Br)cc2)c(OCC)c1. The maximum Gasteiger partial charge on any atom is 0.216 e. The topological polar surface area (TPSA) is 64.4 Å². The number of benzene rings is 2. The highest BCUT2D eigenvalue weighted by atomic mass is 79.9. The van der Waals surface area contributed by atoms with Gasteiger partial charge >= 0.3 is 0 Å². The fraction of sp³-hybridized carbons (Fsp3) is 0.286.